The first-order chi connectivity index (χ1) is 10.3. The number of benzene rings is 1. The van der Waals surface area contributed by atoms with Gasteiger partial charge in [0, 0.05) is 25.8 Å². The maximum atomic E-state index is 11.9. The molecule has 2 N–H and O–H groups in total. The van der Waals surface area contributed by atoms with Crippen LogP contribution in [0.15, 0.2) is 24.3 Å². The highest BCUT2D eigenvalue weighted by Crippen LogP contribution is 2.14. The second-order valence-corrected chi connectivity index (χ2v) is 5.20. The average Bonchev–Trinajstić information content (AvgIpc) is 2.43. The van der Waals surface area contributed by atoms with Crippen molar-refractivity contribution >= 4 is 23.6 Å². The quantitative estimate of drug-likeness (QED) is 0.797. The molecule has 0 aliphatic rings. The summed E-state index contributed by atoms with van der Waals surface area (Å²) in [5, 5.41) is 4.57. The van der Waals surface area contributed by atoms with Gasteiger partial charge in [-0.05, 0) is 32.0 Å². The Morgan fingerprint density at radius 2 is 1.91 bits per heavy atom. The normalized spacial score (nSPS) is 10.0. The van der Waals surface area contributed by atoms with Crippen molar-refractivity contribution in [3.63, 3.8) is 0 Å². The molecule has 0 spiro atoms. The van der Waals surface area contributed by atoms with Gasteiger partial charge in [0.25, 0.3) is 5.91 Å². The first-order valence-corrected chi connectivity index (χ1v) is 6.84. The number of ether oxygens (including phenoxy) is 1. The first-order valence-electron chi connectivity index (χ1n) is 6.84. The van der Waals surface area contributed by atoms with Gasteiger partial charge in [0.1, 0.15) is 0 Å². The number of nitrogens with one attached hydrogen (secondary N) is 2. The molecule has 1 aromatic carbocycles. The van der Waals surface area contributed by atoms with Crippen LogP contribution in [0.5, 0.6) is 0 Å². The molecule has 0 aliphatic heterocycles. The lowest BCUT2D eigenvalue weighted by molar-refractivity contribution is -0.123. The highest BCUT2D eigenvalue weighted by molar-refractivity contribution is 5.97. The van der Waals surface area contributed by atoms with Crippen molar-refractivity contribution in [3.05, 3.63) is 29.8 Å². The van der Waals surface area contributed by atoms with E-state index in [9.17, 15) is 14.4 Å². The third-order valence-electron chi connectivity index (χ3n) is 2.61. The number of carbonyl (C=O) groups excluding carboxylic acids is 3. The van der Waals surface area contributed by atoms with Gasteiger partial charge < -0.3 is 15.0 Å². The lowest BCUT2D eigenvalue weighted by atomic mass is 10.2. The van der Waals surface area contributed by atoms with Crippen molar-refractivity contribution in [1.29, 1.82) is 0 Å². The Morgan fingerprint density at radius 1 is 1.23 bits per heavy atom. The SMILES string of the molecule is CC(C)NC(=O)NC(=O)COC(=O)c1cccc(N(C)C)c1. The van der Waals surface area contributed by atoms with Crippen LogP contribution in [0.1, 0.15) is 24.2 Å². The molecule has 0 fully saturated rings. The molecular weight excluding hydrogens is 286 g/mol. The molecule has 0 unspecified atom stereocenters. The molecule has 0 aliphatic carbocycles. The average molecular weight is 307 g/mol. The molecule has 1 rings (SSSR count). The Morgan fingerprint density at radius 3 is 2.50 bits per heavy atom. The van der Waals surface area contributed by atoms with Crippen LogP contribution < -0.4 is 15.5 Å². The number of carbonyl (C=O) groups is 3. The van der Waals surface area contributed by atoms with Crippen LogP contribution in [-0.4, -0.2) is 44.7 Å². The molecule has 0 saturated carbocycles. The summed E-state index contributed by atoms with van der Waals surface area (Å²) in [5.74, 6) is -1.31. The van der Waals surface area contributed by atoms with Crippen LogP contribution in [0.4, 0.5) is 10.5 Å². The minimum atomic E-state index is -0.685. The van der Waals surface area contributed by atoms with E-state index < -0.39 is 24.5 Å². The van der Waals surface area contributed by atoms with E-state index in [0.717, 1.165) is 5.69 Å². The standard InChI is InChI=1S/C15H21N3O4/c1-10(2)16-15(21)17-13(19)9-22-14(20)11-6-5-7-12(8-11)18(3)4/h5-8,10H,9H2,1-4H3,(H2,16,17,19,21). The van der Waals surface area contributed by atoms with E-state index in [1.165, 1.54) is 0 Å². The summed E-state index contributed by atoms with van der Waals surface area (Å²) in [5.41, 5.74) is 1.18. The molecule has 0 bridgehead atoms. The van der Waals surface area contributed by atoms with Gasteiger partial charge in [-0.15, -0.1) is 0 Å². The molecule has 7 nitrogen and oxygen atoms in total. The second-order valence-electron chi connectivity index (χ2n) is 5.20. The number of amides is 3. The monoisotopic (exact) mass is 307 g/mol. The Labute approximate surface area is 129 Å². The molecule has 0 aromatic heterocycles. The van der Waals surface area contributed by atoms with Crippen LogP contribution in [0.3, 0.4) is 0 Å². The van der Waals surface area contributed by atoms with E-state index in [0.29, 0.717) is 5.56 Å². The van der Waals surface area contributed by atoms with Crippen LogP contribution >= 0.6 is 0 Å². The maximum absolute atomic E-state index is 11.9. The molecule has 1 aromatic rings. The minimum Gasteiger partial charge on any atom is -0.452 e. The van der Waals surface area contributed by atoms with Gasteiger partial charge in [0.15, 0.2) is 6.61 Å². The summed E-state index contributed by atoms with van der Waals surface area (Å²) in [6.45, 7) is 3.01. The van der Waals surface area contributed by atoms with E-state index in [-0.39, 0.29) is 6.04 Å². The first kappa shape index (κ1) is 17.5. The summed E-state index contributed by atoms with van der Waals surface area (Å²) in [6, 6.07) is 6.11. The number of hydrogen-bond donors (Lipinski definition) is 2. The number of hydrogen-bond acceptors (Lipinski definition) is 5. The number of urea groups is 1. The van der Waals surface area contributed by atoms with E-state index in [4.69, 9.17) is 4.74 Å². The second kappa shape index (κ2) is 8.02. The van der Waals surface area contributed by atoms with Crippen molar-refractivity contribution in [2.75, 3.05) is 25.6 Å². The zero-order valence-corrected chi connectivity index (χ0v) is 13.2. The zero-order chi connectivity index (χ0) is 16.7. The summed E-state index contributed by atoms with van der Waals surface area (Å²) in [7, 11) is 3.70. The van der Waals surface area contributed by atoms with Crippen molar-refractivity contribution < 1.29 is 19.1 Å². The number of imide groups is 1. The highest BCUT2D eigenvalue weighted by Gasteiger charge is 2.13. The molecule has 22 heavy (non-hydrogen) atoms. The van der Waals surface area contributed by atoms with Gasteiger partial charge in [0.2, 0.25) is 0 Å². The Kier molecular flexibility index (Phi) is 6.37. The summed E-state index contributed by atoms with van der Waals surface area (Å²) in [6.07, 6.45) is 0. The van der Waals surface area contributed by atoms with Crippen molar-refractivity contribution in [2.24, 2.45) is 0 Å². The van der Waals surface area contributed by atoms with E-state index in [2.05, 4.69) is 10.6 Å². The molecule has 0 heterocycles. The van der Waals surface area contributed by atoms with Crippen molar-refractivity contribution in [1.82, 2.24) is 10.6 Å². The third-order valence-corrected chi connectivity index (χ3v) is 2.61. The lowest BCUT2D eigenvalue weighted by Crippen LogP contribution is -2.44. The van der Waals surface area contributed by atoms with Gasteiger partial charge in [-0.25, -0.2) is 9.59 Å². The van der Waals surface area contributed by atoms with Gasteiger partial charge in [-0.1, -0.05) is 6.07 Å². The van der Waals surface area contributed by atoms with Gasteiger partial charge in [-0.2, -0.15) is 0 Å². The predicted octanol–water partition coefficient (Wildman–Crippen LogP) is 1.14. The Hall–Kier alpha value is -2.57. The number of nitrogens with zero attached hydrogens (tertiary/aromatic N) is 1. The smallest absolute Gasteiger partial charge is 0.338 e. The van der Waals surface area contributed by atoms with Crippen LogP contribution in [0.25, 0.3) is 0 Å². The van der Waals surface area contributed by atoms with E-state index in [1.807, 2.05) is 25.1 Å². The minimum absolute atomic E-state index is 0.0934. The van der Waals surface area contributed by atoms with Crippen LogP contribution in [0.2, 0.25) is 0 Å². The van der Waals surface area contributed by atoms with E-state index >= 15 is 0 Å². The summed E-state index contributed by atoms with van der Waals surface area (Å²) in [4.78, 5) is 36.5. The zero-order valence-electron chi connectivity index (χ0n) is 13.2. The molecule has 0 atom stereocenters. The van der Waals surface area contributed by atoms with Crippen LogP contribution in [-0.2, 0) is 9.53 Å². The predicted molar refractivity (Wildman–Crippen MR) is 82.9 cm³/mol. The third kappa shape index (κ3) is 5.82. The fourth-order valence-electron chi connectivity index (χ4n) is 1.59. The van der Waals surface area contributed by atoms with Gasteiger partial charge >= 0.3 is 12.0 Å². The highest BCUT2D eigenvalue weighted by atomic mass is 16.5. The van der Waals surface area contributed by atoms with E-state index in [1.54, 1.807) is 32.0 Å². The molecule has 0 saturated heterocycles. The molecule has 3 amide bonds. The molecular formula is C15H21N3O4. The summed E-state index contributed by atoms with van der Waals surface area (Å²) >= 11 is 0. The Balaban J connectivity index is 2.50. The molecule has 120 valence electrons. The Bertz CT molecular complexity index is 555. The summed E-state index contributed by atoms with van der Waals surface area (Å²) < 4.78 is 4.88. The van der Waals surface area contributed by atoms with Crippen molar-refractivity contribution in [3.8, 4) is 0 Å². The number of rotatable bonds is 5. The largest absolute Gasteiger partial charge is 0.452 e. The fraction of sp³-hybridized carbons (Fsp3) is 0.400. The number of anilines is 1. The molecule has 7 heteroatoms. The molecule has 0 radical (unpaired) electrons. The van der Waals surface area contributed by atoms with Gasteiger partial charge in [-0.3, -0.25) is 10.1 Å². The fourth-order valence-corrected chi connectivity index (χ4v) is 1.59. The topological polar surface area (TPSA) is 87.7 Å². The van der Waals surface area contributed by atoms with Crippen LogP contribution in [0, 0.1) is 0 Å². The van der Waals surface area contributed by atoms with Crippen molar-refractivity contribution in [2.45, 2.75) is 19.9 Å². The van der Waals surface area contributed by atoms with Gasteiger partial charge in [0.05, 0.1) is 5.56 Å². The number of esters is 1. The maximum Gasteiger partial charge on any atom is 0.338 e. The lowest BCUT2D eigenvalue weighted by Gasteiger charge is -2.13.